The molecule has 112 valence electrons. The van der Waals surface area contributed by atoms with Crippen LogP contribution in [0.1, 0.15) is 34.7 Å². The minimum absolute atomic E-state index is 0.362. The molecule has 0 aliphatic carbocycles. The highest BCUT2D eigenvalue weighted by atomic mass is 15.3. The summed E-state index contributed by atoms with van der Waals surface area (Å²) in [7, 11) is 4.35. The van der Waals surface area contributed by atoms with Gasteiger partial charge in [0, 0.05) is 31.7 Å². The van der Waals surface area contributed by atoms with Crippen LogP contribution in [0.25, 0.3) is 0 Å². The maximum atomic E-state index is 6.13. The number of hydrogen-bond acceptors (Lipinski definition) is 3. The second-order valence-corrected chi connectivity index (χ2v) is 6.46. The fourth-order valence-corrected chi connectivity index (χ4v) is 3.64. The van der Waals surface area contributed by atoms with Gasteiger partial charge in [0.1, 0.15) is 0 Å². The van der Waals surface area contributed by atoms with Crippen molar-refractivity contribution in [3.05, 3.63) is 34.4 Å². The van der Waals surface area contributed by atoms with Crippen molar-refractivity contribution in [2.24, 2.45) is 5.73 Å². The molecule has 0 saturated carbocycles. The zero-order valence-electron chi connectivity index (χ0n) is 13.6. The summed E-state index contributed by atoms with van der Waals surface area (Å²) in [5.74, 6) is 0. The first-order valence-corrected chi connectivity index (χ1v) is 7.62. The van der Waals surface area contributed by atoms with Crippen LogP contribution in [0.5, 0.6) is 0 Å². The van der Waals surface area contributed by atoms with Gasteiger partial charge in [-0.2, -0.15) is 0 Å². The third-order valence-electron chi connectivity index (χ3n) is 4.66. The minimum atomic E-state index is 0.362. The Kier molecular flexibility index (Phi) is 4.84. The molecule has 3 nitrogen and oxygen atoms in total. The van der Waals surface area contributed by atoms with Crippen LogP contribution < -0.4 is 5.73 Å². The Labute approximate surface area is 123 Å². The van der Waals surface area contributed by atoms with Crippen LogP contribution in [-0.2, 0) is 0 Å². The predicted molar refractivity (Wildman–Crippen MR) is 86.1 cm³/mol. The first kappa shape index (κ1) is 15.5. The van der Waals surface area contributed by atoms with Crippen molar-refractivity contribution in [3.63, 3.8) is 0 Å². The maximum absolute atomic E-state index is 6.13. The van der Waals surface area contributed by atoms with Crippen LogP contribution >= 0.6 is 0 Å². The van der Waals surface area contributed by atoms with Gasteiger partial charge in [-0.25, -0.2) is 0 Å². The largest absolute Gasteiger partial charge is 0.329 e. The van der Waals surface area contributed by atoms with Crippen molar-refractivity contribution >= 4 is 0 Å². The number of nitrogens with zero attached hydrogens (tertiary/aromatic N) is 2. The number of aryl methyl sites for hydroxylation is 3. The van der Waals surface area contributed by atoms with E-state index < -0.39 is 0 Å². The quantitative estimate of drug-likeness (QED) is 0.915. The summed E-state index contributed by atoms with van der Waals surface area (Å²) in [6.07, 6.45) is 1.24. The average Bonchev–Trinajstić information content (AvgIpc) is 2.82. The summed E-state index contributed by atoms with van der Waals surface area (Å²) < 4.78 is 0. The van der Waals surface area contributed by atoms with Crippen molar-refractivity contribution in [1.82, 2.24) is 9.80 Å². The van der Waals surface area contributed by atoms with Gasteiger partial charge in [0.15, 0.2) is 0 Å². The molecule has 2 atom stereocenters. The SMILES string of the molecule is Cc1cc(C)c(C(CN)N2CCC(N(C)C)C2)c(C)c1. The van der Waals surface area contributed by atoms with E-state index in [0.29, 0.717) is 18.6 Å². The number of likely N-dealkylation sites (N-methyl/N-ethyl adjacent to an activating group) is 1. The van der Waals surface area contributed by atoms with Crippen LogP contribution in [0.3, 0.4) is 0 Å². The monoisotopic (exact) mass is 275 g/mol. The lowest BCUT2D eigenvalue weighted by Gasteiger charge is -2.30. The molecule has 3 heteroatoms. The van der Waals surface area contributed by atoms with E-state index in [0.717, 1.165) is 13.1 Å². The van der Waals surface area contributed by atoms with E-state index in [4.69, 9.17) is 5.73 Å². The van der Waals surface area contributed by atoms with Crippen LogP contribution in [0.15, 0.2) is 12.1 Å². The van der Waals surface area contributed by atoms with Crippen LogP contribution in [-0.4, -0.2) is 49.6 Å². The normalized spacial score (nSPS) is 21.6. The summed E-state index contributed by atoms with van der Waals surface area (Å²) in [5.41, 5.74) is 11.7. The van der Waals surface area contributed by atoms with Gasteiger partial charge in [-0.3, -0.25) is 4.90 Å². The van der Waals surface area contributed by atoms with Crippen molar-refractivity contribution in [1.29, 1.82) is 0 Å². The zero-order chi connectivity index (χ0) is 14.9. The molecule has 0 amide bonds. The molecule has 0 radical (unpaired) electrons. The van der Waals surface area contributed by atoms with E-state index in [1.54, 1.807) is 0 Å². The lowest BCUT2D eigenvalue weighted by Crippen LogP contribution is -2.36. The van der Waals surface area contributed by atoms with Crippen molar-refractivity contribution in [2.45, 2.75) is 39.3 Å². The van der Waals surface area contributed by atoms with Gasteiger partial charge in [0.25, 0.3) is 0 Å². The molecule has 0 bridgehead atoms. The summed E-state index contributed by atoms with van der Waals surface area (Å²) in [5, 5.41) is 0. The number of rotatable bonds is 4. The third kappa shape index (κ3) is 3.05. The van der Waals surface area contributed by atoms with Gasteiger partial charge < -0.3 is 10.6 Å². The Balaban J connectivity index is 2.26. The molecule has 2 unspecified atom stereocenters. The van der Waals surface area contributed by atoms with E-state index >= 15 is 0 Å². The first-order valence-electron chi connectivity index (χ1n) is 7.62. The number of hydrogen-bond donors (Lipinski definition) is 1. The Morgan fingerprint density at radius 2 is 1.85 bits per heavy atom. The lowest BCUT2D eigenvalue weighted by atomic mass is 9.93. The Bertz CT molecular complexity index is 444. The summed E-state index contributed by atoms with van der Waals surface area (Å²) in [6, 6.07) is 5.59. The van der Waals surface area contributed by atoms with Gasteiger partial charge in [0.2, 0.25) is 0 Å². The summed E-state index contributed by atoms with van der Waals surface area (Å²) >= 11 is 0. The Morgan fingerprint density at radius 1 is 1.25 bits per heavy atom. The Morgan fingerprint density at radius 3 is 2.30 bits per heavy atom. The van der Waals surface area contributed by atoms with Crippen LogP contribution in [0, 0.1) is 20.8 Å². The standard InChI is InChI=1S/C17H29N3/c1-12-8-13(2)17(14(3)9-12)16(10-18)20-7-6-15(11-20)19(4)5/h8-9,15-16H,6-7,10-11,18H2,1-5H3. The van der Waals surface area contributed by atoms with Crippen molar-refractivity contribution in [3.8, 4) is 0 Å². The molecule has 1 saturated heterocycles. The second kappa shape index (κ2) is 6.25. The highest BCUT2D eigenvalue weighted by Crippen LogP contribution is 2.30. The van der Waals surface area contributed by atoms with E-state index in [9.17, 15) is 0 Å². The Hall–Kier alpha value is -0.900. The van der Waals surface area contributed by atoms with Crippen molar-refractivity contribution in [2.75, 3.05) is 33.7 Å². The van der Waals surface area contributed by atoms with Gasteiger partial charge in [-0.1, -0.05) is 17.7 Å². The third-order valence-corrected chi connectivity index (χ3v) is 4.66. The molecule has 0 spiro atoms. The van der Waals surface area contributed by atoms with Crippen LogP contribution in [0.2, 0.25) is 0 Å². The molecule has 2 rings (SSSR count). The first-order chi connectivity index (χ1) is 9.43. The maximum Gasteiger partial charge on any atom is 0.0476 e. The molecule has 1 aromatic rings. The molecule has 1 aromatic carbocycles. The fourth-order valence-electron chi connectivity index (χ4n) is 3.64. The van der Waals surface area contributed by atoms with Gasteiger partial charge >= 0.3 is 0 Å². The second-order valence-electron chi connectivity index (χ2n) is 6.46. The van der Waals surface area contributed by atoms with Gasteiger partial charge in [-0.15, -0.1) is 0 Å². The van der Waals surface area contributed by atoms with E-state index in [-0.39, 0.29) is 0 Å². The van der Waals surface area contributed by atoms with Crippen LogP contribution in [0.4, 0.5) is 0 Å². The molecule has 20 heavy (non-hydrogen) atoms. The number of likely N-dealkylation sites (tertiary alicyclic amines) is 1. The van der Waals surface area contributed by atoms with E-state index in [2.05, 4.69) is 56.8 Å². The molecule has 1 aliphatic rings. The van der Waals surface area contributed by atoms with E-state index in [1.165, 1.54) is 28.7 Å². The smallest absolute Gasteiger partial charge is 0.0476 e. The topological polar surface area (TPSA) is 32.5 Å². The lowest BCUT2D eigenvalue weighted by molar-refractivity contribution is 0.219. The number of benzene rings is 1. The molecule has 2 N–H and O–H groups in total. The predicted octanol–water partition coefficient (Wildman–Crippen LogP) is 2.25. The van der Waals surface area contributed by atoms with Gasteiger partial charge in [-0.05, 0) is 58.0 Å². The highest BCUT2D eigenvalue weighted by molar-refractivity contribution is 5.40. The molecular formula is C17H29N3. The van der Waals surface area contributed by atoms with Gasteiger partial charge in [0.05, 0.1) is 0 Å². The molecular weight excluding hydrogens is 246 g/mol. The summed E-state index contributed by atoms with van der Waals surface area (Å²) in [4.78, 5) is 4.90. The summed E-state index contributed by atoms with van der Waals surface area (Å²) in [6.45, 7) is 9.58. The molecule has 1 aliphatic heterocycles. The van der Waals surface area contributed by atoms with E-state index in [1.807, 2.05) is 0 Å². The number of nitrogens with two attached hydrogens (primary N) is 1. The zero-order valence-corrected chi connectivity index (χ0v) is 13.6. The molecule has 1 heterocycles. The van der Waals surface area contributed by atoms with Crippen molar-refractivity contribution < 1.29 is 0 Å². The highest BCUT2D eigenvalue weighted by Gasteiger charge is 2.30. The minimum Gasteiger partial charge on any atom is -0.329 e. The molecule has 0 aromatic heterocycles. The average molecular weight is 275 g/mol. The molecule has 1 fully saturated rings. The fraction of sp³-hybridized carbons (Fsp3) is 0.647.